The lowest BCUT2D eigenvalue weighted by molar-refractivity contribution is -0.114. The number of hydrogen-bond donors (Lipinski definition) is 2. The molecule has 0 fully saturated rings. The number of thiazole rings is 1. The van der Waals surface area contributed by atoms with Gasteiger partial charge in [-0.05, 0) is 18.2 Å². The molecule has 0 saturated carbocycles. The molecule has 0 saturated heterocycles. The number of amides is 1. The van der Waals surface area contributed by atoms with Crippen molar-refractivity contribution in [2.24, 2.45) is 0 Å². The van der Waals surface area contributed by atoms with Crippen LogP contribution in [0.3, 0.4) is 0 Å². The van der Waals surface area contributed by atoms with Crippen molar-refractivity contribution in [2.45, 2.75) is 6.92 Å². The molecule has 0 bridgehead atoms. The third kappa shape index (κ3) is 3.62. The third-order valence-corrected chi connectivity index (χ3v) is 5.11. The molecule has 140 valence electrons. The molecule has 0 aliphatic heterocycles. The molecule has 7 nitrogen and oxygen atoms in total. The second-order valence-electron chi connectivity index (χ2n) is 5.72. The van der Waals surface area contributed by atoms with Gasteiger partial charge in [-0.2, -0.15) is 0 Å². The molecule has 0 aliphatic rings. The first-order valence-corrected chi connectivity index (χ1v) is 9.27. The summed E-state index contributed by atoms with van der Waals surface area (Å²) >= 11 is 7.43. The highest BCUT2D eigenvalue weighted by Gasteiger charge is 2.17. The van der Waals surface area contributed by atoms with E-state index in [0.717, 1.165) is 4.70 Å². The van der Waals surface area contributed by atoms with Crippen LogP contribution in [-0.2, 0) is 4.79 Å². The van der Waals surface area contributed by atoms with Gasteiger partial charge in [-0.1, -0.05) is 17.7 Å². The van der Waals surface area contributed by atoms with Gasteiger partial charge in [0.2, 0.25) is 5.91 Å². The Balaban J connectivity index is 1.73. The van der Waals surface area contributed by atoms with Crippen LogP contribution in [0.1, 0.15) is 6.92 Å². The number of nitrogens with zero attached hydrogens (tertiary/aromatic N) is 4. The highest BCUT2D eigenvalue weighted by molar-refractivity contribution is 7.22. The Kier molecular flexibility index (Phi) is 4.84. The Bertz CT molecular complexity index is 1180. The summed E-state index contributed by atoms with van der Waals surface area (Å²) in [6.45, 7) is 1.39. The Morgan fingerprint density at radius 2 is 2.00 bits per heavy atom. The monoisotopic (exact) mass is 414 g/mol. The van der Waals surface area contributed by atoms with E-state index in [9.17, 15) is 9.18 Å². The molecule has 0 spiro atoms. The largest absolute Gasteiger partial charge is 0.324 e. The van der Waals surface area contributed by atoms with E-state index < -0.39 is 5.82 Å². The van der Waals surface area contributed by atoms with Crippen LogP contribution in [-0.4, -0.2) is 25.8 Å². The maximum absolute atomic E-state index is 14.3. The van der Waals surface area contributed by atoms with Crippen LogP contribution in [0.2, 0.25) is 5.02 Å². The fraction of sp³-hybridized carbons (Fsp3) is 0.0556. The van der Waals surface area contributed by atoms with Crippen molar-refractivity contribution in [2.75, 3.05) is 10.6 Å². The van der Waals surface area contributed by atoms with Gasteiger partial charge in [0.1, 0.15) is 28.8 Å². The maximum atomic E-state index is 14.3. The first-order valence-electron chi connectivity index (χ1n) is 8.08. The van der Waals surface area contributed by atoms with Gasteiger partial charge >= 0.3 is 0 Å². The lowest BCUT2D eigenvalue weighted by atomic mass is 10.2. The van der Waals surface area contributed by atoms with Gasteiger partial charge in [-0.3, -0.25) is 4.79 Å². The molecule has 3 heterocycles. The Morgan fingerprint density at radius 1 is 1.18 bits per heavy atom. The number of carbonyl (C=O) groups excluding carboxylic acids is 1. The number of halogens is 2. The van der Waals surface area contributed by atoms with Gasteiger partial charge in [-0.25, -0.2) is 24.3 Å². The van der Waals surface area contributed by atoms with E-state index >= 15 is 0 Å². The lowest BCUT2D eigenvalue weighted by Gasteiger charge is -2.06. The number of carbonyl (C=O) groups is 1. The molecule has 1 aromatic carbocycles. The molecule has 0 atom stereocenters. The van der Waals surface area contributed by atoms with Crippen molar-refractivity contribution in [1.29, 1.82) is 0 Å². The molecule has 0 radical (unpaired) electrons. The standard InChI is InChI=1S/C18H12ClFN6OS/c1-9(27)24-13-7-14(23-8-22-13)26-17-16-12(5-6-21-17)25-18(28-16)15-10(19)3-2-4-11(15)20/h2-8H,1H3,(H2,21,22,23,24,26,27). The average molecular weight is 415 g/mol. The van der Waals surface area contributed by atoms with Gasteiger partial charge in [-0.15, -0.1) is 11.3 Å². The number of anilines is 3. The average Bonchev–Trinajstić information content (AvgIpc) is 3.06. The molecule has 3 aromatic heterocycles. The zero-order valence-electron chi connectivity index (χ0n) is 14.4. The minimum atomic E-state index is -0.440. The van der Waals surface area contributed by atoms with E-state index in [1.165, 1.54) is 30.7 Å². The molecule has 2 N–H and O–H groups in total. The second-order valence-corrected chi connectivity index (χ2v) is 7.12. The molecule has 4 rings (SSSR count). The molecular weight excluding hydrogens is 403 g/mol. The zero-order valence-corrected chi connectivity index (χ0v) is 16.0. The quantitative estimate of drug-likeness (QED) is 0.505. The highest BCUT2D eigenvalue weighted by atomic mass is 35.5. The van der Waals surface area contributed by atoms with Crippen LogP contribution in [0, 0.1) is 5.82 Å². The number of hydrogen-bond acceptors (Lipinski definition) is 7. The van der Waals surface area contributed by atoms with Crippen LogP contribution in [0.25, 0.3) is 20.8 Å². The summed E-state index contributed by atoms with van der Waals surface area (Å²) in [6, 6.07) is 7.82. The summed E-state index contributed by atoms with van der Waals surface area (Å²) in [5.74, 6) is 0.627. The van der Waals surface area contributed by atoms with Crippen LogP contribution < -0.4 is 10.6 Å². The summed E-state index contributed by atoms with van der Waals surface area (Å²) in [5, 5.41) is 6.42. The Labute approximate surface area is 167 Å². The first-order chi connectivity index (χ1) is 13.5. The fourth-order valence-electron chi connectivity index (χ4n) is 2.55. The summed E-state index contributed by atoms with van der Waals surface area (Å²) in [4.78, 5) is 28.1. The van der Waals surface area contributed by atoms with Crippen molar-refractivity contribution in [1.82, 2.24) is 19.9 Å². The molecule has 0 unspecified atom stereocenters. The summed E-state index contributed by atoms with van der Waals surface area (Å²) < 4.78 is 15.0. The van der Waals surface area contributed by atoms with E-state index in [0.29, 0.717) is 28.0 Å². The maximum Gasteiger partial charge on any atom is 0.222 e. The van der Waals surface area contributed by atoms with E-state index in [-0.39, 0.29) is 16.5 Å². The molecule has 0 aliphatic carbocycles. The van der Waals surface area contributed by atoms with Gasteiger partial charge in [0.05, 0.1) is 20.8 Å². The first kappa shape index (κ1) is 18.2. The lowest BCUT2D eigenvalue weighted by Crippen LogP contribution is -2.08. The zero-order chi connectivity index (χ0) is 19.7. The van der Waals surface area contributed by atoms with Crippen LogP contribution in [0.5, 0.6) is 0 Å². The predicted molar refractivity (Wildman–Crippen MR) is 107 cm³/mol. The van der Waals surface area contributed by atoms with Gasteiger partial charge < -0.3 is 10.6 Å². The van der Waals surface area contributed by atoms with Crippen molar-refractivity contribution < 1.29 is 9.18 Å². The van der Waals surface area contributed by atoms with Crippen LogP contribution in [0.4, 0.5) is 21.8 Å². The topological polar surface area (TPSA) is 92.7 Å². The minimum absolute atomic E-state index is 0.237. The van der Waals surface area contributed by atoms with E-state index in [2.05, 4.69) is 30.6 Å². The van der Waals surface area contributed by atoms with Gasteiger partial charge in [0.25, 0.3) is 0 Å². The second kappa shape index (κ2) is 7.45. The van der Waals surface area contributed by atoms with Gasteiger partial charge in [0, 0.05) is 19.2 Å². The number of fused-ring (bicyclic) bond motifs is 1. The van der Waals surface area contributed by atoms with Crippen LogP contribution in [0.15, 0.2) is 42.9 Å². The smallest absolute Gasteiger partial charge is 0.222 e. The molecule has 28 heavy (non-hydrogen) atoms. The van der Waals surface area contributed by atoms with Gasteiger partial charge in [0.15, 0.2) is 5.82 Å². The van der Waals surface area contributed by atoms with Crippen molar-refractivity contribution in [3.63, 3.8) is 0 Å². The molecular formula is C18H12ClFN6OS. The van der Waals surface area contributed by atoms with Crippen molar-refractivity contribution in [3.05, 3.63) is 53.7 Å². The molecule has 1 amide bonds. The fourth-order valence-corrected chi connectivity index (χ4v) is 3.92. The Hall–Kier alpha value is -3.17. The summed E-state index contributed by atoms with van der Waals surface area (Å²) in [5.41, 5.74) is 0.902. The summed E-state index contributed by atoms with van der Waals surface area (Å²) in [7, 11) is 0. The molecule has 4 aromatic rings. The number of aromatic nitrogens is 4. The molecule has 10 heteroatoms. The third-order valence-electron chi connectivity index (χ3n) is 3.70. The van der Waals surface area contributed by atoms with Crippen molar-refractivity contribution in [3.8, 4) is 10.6 Å². The normalized spacial score (nSPS) is 10.8. The number of nitrogens with one attached hydrogen (secondary N) is 2. The highest BCUT2D eigenvalue weighted by Crippen LogP contribution is 2.38. The van der Waals surface area contributed by atoms with E-state index in [4.69, 9.17) is 11.6 Å². The number of rotatable bonds is 4. The number of benzene rings is 1. The number of pyridine rings is 1. The van der Waals surface area contributed by atoms with E-state index in [1.807, 2.05) is 0 Å². The summed E-state index contributed by atoms with van der Waals surface area (Å²) in [6.07, 6.45) is 2.91. The Morgan fingerprint density at radius 3 is 2.79 bits per heavy atom. The minimum Gasteiger partial charge on any atom is -0.324 e. The van der Waals surface area contributed by atoms with Crippen LogP contribution >= 0.6 is 22.9 Å². The van der Waals surface area contributed by atoms with E-state index in [1.54, 1.807) is 30.5 Å². The SMILES string of the molecule is CC(=O)Nc1cc(Nc2nccc3nc(-c4c(F)cccc4Cl)sc23)ncn1. The van der Waals surface area contributed by atoms with Crippen molar-refractivity contribution >= 4 is 56.5 Å². The predicted octanol–water partition coefficient (Wildman–Crippen LogP) is 4.64.